The minimum absolute atomic E-state index is 0.0537. The normalized spacial score (nSPS) is 11.2. The van der Waals surface area contributed by atoms with E-state index in [9.17, 15) is 18.0 Å². The number of carbonyl (C=O) groups is 1. The molecule has 0 atom stereocenters. The molecule has 0 aliphatic carbocycles. The average Bonchev–Trinajstić information content (AvgIpc) is 3.09. The van der Waals surface area contributed by atoms with E-state index >= 15 is 0 Å². The van der Waals surface area contributed by atoms with E-state index in [2.05, 4.69) is 37.1 Å². The van der Waals surface area contributed by atoms with Crippen molar-refractivity contribution in [3.63, 3.8) is 0 Å². The fourth-order valence-electron chi connectivity index (χ4n) is 2.14. The maximum atomic E-state index is 12.9. The molecule has 0 aliphatic rings. The zero-order valence-electron chi connectivity index (χ0n) is 13.0. The first kappa shape index (κ1) is 17.9. The molecule has 3 rings (SSSR count). The summed E-state index contributed by atoms with van der Waals surface area (Å²) < 4.78 is 41.0. The van der Waals surface area contributed by atoms with Crippen molar-refractivity contribution in [1.82, 2.24) is 20.4 Å². The number of benzene rings is 2. The SMILES string of the molecule is O=C(NNc1ccccc1C(F)(F)F)c1cn(-c2cccc(Br)c2)nn1. The third kappa shape index (κ3) is 4.02. The van der Waals surface area contributed by atoms with Crippen LogP contribution in [-0.4, -0.2) is 20.9 Å². The van der Waals surface area contributed by atoms with Crippen molar-refractivity contribution in [1.29, 1.82) is 0 Å². The molecule has 1 aromatic heterocycles. The molecule has 0 aliphatic heterocycles. The minimum Gasteiger partial charge on any atom is -0.298 e. The molecule has 1 amide bonds. The largest absolute Gasteiger partial charge is 0.418 e. The lowest BCUT2D eigenvalue weighted by Gasteiger charge is -2.14. The van der Waals surface area contributed by atoms with Gasteiger partial charge in [0.1, 0.15) is 0 Å². The second-order valence-electron chi connectivity index (χ2n) is 5.15. The lowest BCUT2D eigenvalue weighted by molar-refractivity contribution is -0.137. The number of rotatable bonds is 4. The van der Waals surface area contributed by atoms with Gasteiger partial charge in [0.2, 0.25) is 0 Å². The Morgan fingerprint density at radius 2 is 1.88 bits per heavy atom. The maximum absolute atomic E-state index is 12.9. The fraction of sp³-hybridized carbons (Fsp3) is 0.0625. The third-order valence-corrected chi connectivity index (χ3v) is 3.84. The molecule has 10 heteroatoms. The molecule has 0 radical (unpaired) electrons. The number of para-hydroxylation sites is 1. The van der Waals surface area contributed by atoms with Gasteiger partial charge >= 0.3 is 6.18 Å². The highest BCUT2D eigenvalue weighted by molar-refractivity contribution is 9.10. The fourth-order valence-corrected chi connectivity index (χ4v) is 2.53. The predicted octanol–water partition coefficient (Wildman–Crippen LogP) is 3.81. The number of nitrogens with zero attached hydrogens (tertiary/aromatic N) is 3. The number of nitrogens with one attached hydrogen (secondary N) is 2. The van der Waals surface area contributed by atoms with Crippen molar-refractivity contribution in [3.05, 3.63) is 70.5 Å². The van der Waals surface area contributed by atoms with Gasteiger partial charge < -0.3 is 0 Å². The Bertz CT molecular complexity index is 941. The summed E-state index contributed by atoms with van der Waals surface area (Å²) in [7, 11) is 0. The van der Waals surface area contributed by atoms with E-state index in [4.69, 9.17) is 0 Å². The number of hydrazine groups is 1. The van der Waals surface area contributed by atoms with Crippen molar-refractivity contribution in [3.8, 4) is 5.69 Å². The molecule has 0 saturated carbocycles. The van der Waals surface area contributed by atoms with E-state index < -0.39 is 17.6 Å². The van der Waals surface area contributed by atoms with Gasteiger partial charge in [0.05, 0.1) is 23.1 Å². The van der Waals surface area contributed by atoms with Crippen LogP contribution >= 0.6 is 15.9 Å². The first-order valence-corrected chi connectivity index (χ1v) is 8.05. The second-order valence-corrected chi connectivity index (χ2v) is 6.07. The molecule has 0 saturated heterocycles. The Morgan fingerprint density at radius 3 is 2.62 bits per heavy atom. The van der Waals surface area contributed by atoms with E-state index in [1.807, 2.05) is 6.07 Å². The highest BCUT2D eigenvalue weighted by Gasteiger charge is 2.33. The predicted molar refractivity (Wildman–Crippen MR) is 91.6 cm³/mol. The van der Waals surface area contributed by atoms with Gasteiger partial charge in [-0.15, -0.1) is 5.10 Å². The zero-order chi connectivity index (χ0) is 18.7. The average molecular weight is 426 g/mol. The van der Waals surface area contributed by atoms with E-state index in [-0.39, 0.29) is 11.4 Å². The lowest BCUT2D eigenvalue weighted by atomic mass is 10.2. The van der Waals surface area contributed by atoms with Crippen LogP contribution in [0.25, 0.3) is 5.69 Å². The van der Waals surface area contributed by atoms with Gasteiger partial charge in [-0.05, 0) is 30.3 Å². The second kappa shape index (κ2) is 7.16. The zero-order valence-corrected chi connectivity index (χ0v) is 14.5. The van der Waals surface area contributed by atoms with Crippen LogP contribution in [0.2, 0.25) is 0 Å². The molecule has 6 nitrogen and oxygen atoms in total. The Labute approximate surface area is 154 Å². The Balaban J connectivity index is 1.72. The molecule has 1 heterocycles. The van der Waals surface area contributed by atoms with Gasteiger partial charge in [0.25, 0.3) is 5.91 Å². The summed E-state index contributed by atoms with van der Waals surface area (Å²) in [5.41, 5.74) is 3.91. The summed E-state index contributed by atoms with van der Waals surface area (Å²) in [5.74, 6) is -0.719. The molecular weight excluding hydrogens is 415 g/mol. The first-order chi connectivity index (χ1) is 12.3. The molecule has 0 bridgehead atoms. The highest BCUT2D eigenvalue weighted by Crippen LogP contribution is 2.34. The summed E-state index contributed by atoms with van der Waals surface area (Å²) in [4.78, 5) is 12.1. The van der Waals surface area contributed by atoms with Crippen LogP contribution in [0, 0.1) is 0 Å². The van der Waals surface area contributed by atoms with Crippen LogP contribution in [0.3, 0.4) is 0 Å². The Hall–Kier alpha value is -2.88. The Kier molecular flexibility index (Phi) is 4.94. The molecule has 26 heavy (non-hydrogen) atoms. The van der Waals surface area contributed by atoms with E-state index in [0.717, 1.165) is 10.5 Å². The van der Waals surface area contributed by atoms with Crippen molar-refractivity contribution < 1.29 is 18.0 Å². The molecule has 0 spiro atoms. The highest BCUT2D eigenvalue weighted by atomic mass is 79.9. The summed E-state index contributed by atoms with van der Waals surface area (Å²) in [6.45, 7) is 0. The first-order valence-electron chi connectivity index (χ1n) is 7.25. The lowest BCUT2D eigenvalue weighted by Crippen LogP contribution is -2.30. The summed E-state index contributed by atoms with van der Waals surface area (Å²) >= 11 is 3.33. The van der Waals surface area contributed by atoms with Crippen LogP contribution in [0.4, 0.5) is 18.9 Å². The van der Waals surface area contributed by atoms with Gasteiger partial charge in [-0.1, -0.05) is 39.3 Å². The van der Waals surface area contributed by atoms with Gasteiger partial charge in [0, 0.05) is 4.47 Å². The van der Waals surface area contributed by atoms with Crippen LogP contribution < -0.4 is 10.9 Å². The summed E-state index contributed by atoms with van der Waals surface area (Å²) in [6.07, 6.45) is -3.17. The summed E-state index contributed by atoms with van der Waals surface area (Å²) in [6, 6.07) is 12.0. The molecular formula is C16H11BrF3N5O. The Morgan fingerprint density at radius 1 is 1.12 bits per heavy atom. The number of hydrogen-bond donors (Lipinski definition) is 2. The van der Waals surface area contributed by atoms with E-state index in [1.54, 1.807) is 18.2 Å². The molecule has 2 N–H and O–H groups in total. The number of halogens is 4. The molecule has 0 fully saturated rings. The van der Waals surface area contributed by atoms with Gasteiger partial charge in [0.15, 0.2) is 5.69 Å². The summed E-state index contributed by atoms with van der Waals surface area (Å²) in [5, 5.41) is 7.57. The van der Waals surface area contributed by atoms with Crippen LogP contribution in [-0.2, 0) is 6.18 Å². The molecule has 2 aromatic carbocycles. The minimum atomic E-state index is -4.54. The topological polar surface area (TPSA) is 71.8 Å². The monoisotopic (exact) mass is 425 g/mol. The van der Waals surface area contributed by atoms with Crippen molar-refractivity contribution in [2.45, 2.75) is 6.18 Å². The molecule has 134 valence electrons. The van der Waals surface area contributed by atoms with Crippen molar-refractivity contribution >= 4 is 27.5 Å². The van der Waals surface area contributed by atoms with Crippen LogP contribution in [0.1, 0.15) is 16.1 Å². The van der Waals surface area contributed by atoms with Gasteiger partial charge in [-0.3, -0.25) is 15.6 Å². The van der Waals surface area contributed by atoms with Gasteiger partial charge in [-0.2, -0.15) is 13.2 Å². The molecule has 0 unspecified atom stereocenters. The number of alkyl halides is 3. The van der Waals surface area contributed by atoms with Crippen molar-refractivity contribution in [2.24, 2.45) is 0 Å². The number of hydrogen-bond acceptors (Lipinski definition) is 4. The smallest absolute Gasteiger partial charge is 0.298 e. The maximum Gasteiger partial charge on any atom is 0.418 e. The quantitative estimate of drug-likeness (QED) is 0.623. The van der Waals surface area contributed by atoms with E-state index in [0.29, 0.717) is 5.69 Å². The van der Waals surface area contributed by atoms with Crippen LogP contribution in [0.15, 0.2) is 59.2 Å². The van der Waals surface area contributed by atoms with Crippen LogP contribution in [0.5, 0.6) is 0 Å². The standard InChI is InChI=1S/C16H11BrF3N5O/c17-10-4-3-5-11(8-10)25-9-14(22-24-25)15(26)23-21-13-7-2-1-6-12(13)16(18,19)20/h1-9,21H,(H,23,26). The number of carbonyl (C=O) groups excluding carboxylic acids is 1. The van der Waals surface area contributed by atoms with Crippen molar-refractivity contribution in [2.75, 3.05) is 5.43 Å². The number of aromatic nitrogens is 3. The number of anilines is 1. The van der Waals surface area contributed by atoms with E-state index in [1.165, 1.54) is 29.1 Å². The third-order valence-electron chi connectivity index (χ3n) is 3.34. The molecule has 3 aromatic rings. The number of amides is 1. The van der Waals surface area contributed by atoms with Gasteiger partial charge in [-0.25, -0.2) is 4.68 Å².